The quantitative estimate of drug-likeness (QED) is 0.648. The molecule has 6 heteroatoms. The molecule has 5 N–H and O–H groups in total. The third-order valence-electron chi connectivity index (χ3n) is 2.35. The average molecular weight is 251 g/mol. The number of hydrogen-bond donors (Lipinski definition) is 3. The van der Waals surface area contributed by atoms with Crippen LogP contribution in [0.4, 0.5) is 0 Å². The van der Waals surface area contributed by atoms with Crippen LogP contribution in [-0.2, 0) is 6.54 Å². The minimum Gasteiger partial charge on any atom is -0.364 e. The molecule has 99 valence electrons. The molecular formula is C12H19N4O2. The van der Waals surface area contributed by atoms with Crippen LogP contribution in [-0.4, -0.2) is 29.5 Å². The van der Waals surface area contributed by atoms with Crippen LogP contribution in [0.2, 0.25) is 0 Å². The summed E-state index contributed by atoms with van der Waals surface area (Å²) in [5, 5.41) is 2.66. The summed E-state index contributed by atoms with van der Waals surface area (Å²) in [5.41, 5.74) is 11.2. The van der Waals surface area contributed by atoms with Crippen LogP contribution >= 0.6 is 0 Å². The fraction of sp³-hybridized carbons (Fsp3) is 0.500. The number of carbonyl (C=O) groups is 2. The Morgan fingerprint density at radius 3 is 2.67 bits per heavy atom. The molecule has 0 aromatic carbocycles. The van der Waals surface area contributed by atoms with E-state index in [0.29, 0.717) is 25.3 Å². The van der Waals surface area contributed by atoms with E-state index in [-0.39, 0.29) is 17.5 Å². The second-order valence-electron chi connectivity index (χ2n) is 4.44. The monoisotopic (exact) mass is 251 g/mol. The van der Waals surface area contributed by atoms with Crippen molar-refractivity contribution in [1.82, 2.24) is 9.88 Å². The van der Waals surface area contributed by atoms with Gasteiger partial charge in [0.25, 0.3) is 11.8 Å². The van der Waals surface area contributed by atoms with Gasteiger partial charge in [-0.15, -0.1) is 0 Å². The number of primary amides is 1. The van der Waals surface area contributed by atoms with Gasteiger partial charge in [-0.1, -0.05) is 13.8 Å². The molecule has 0 aliphatic heterocycles. The van der Waals surface area contributed by atoms with E-state index in [1.807, 2.05) is 13.8 Å². The number of amides is 2. The van der Waals surface area contributed by atoms with Gasteiger partial charge in [0.05, 0.1) is 0 Å². The minimum atomic E-state index is -0.589. The summed E-state index contributed by atoms with van der Waals surface area (Å²) in [6.45, 7) is 5.27. The first-order valence-electron chi connectivity index (χ1n) is 5.86. The maximum absolute atomic E-state index is 11.9. The van der Waals surface area contributed by atoms with Crippen molar-refractivity contribution in [3.05, 3.63) is 23.5 Å². The molecule has 18 heavy (non-hydrogen) atoms. The molecule has 1 rings (SSSR count). The van der Waals surface area contributed by atoms with Crippen molar-refractivity contribution >= 4 is 11.8 Å². The molecule has 0 saturated carbocycles. The number of nitrogens with zero attached hydrogens (tertiary/aromatic N) is 1. The van der Waals surface area contributed by atoms with E-state index in [4.69, 9.17) is 11.5 Å². The Bertz CT molecular complexity index is 437. The fourth-order valence-electron chi connectivity index (χ4n) is 1.64. The minimum absolute atomic E-state index is 0.224. The summed E-state index contributed by atoms with van der Waals surface area (Å²) in [6.07, 6.45) is 0. The van der Waals surface area contributed by atoms with Gasteiger partial charge in [0.15, 0.2) is 0 Å². The van der Waals surface area contributed by atoms with Crippen molar-refractivity contribution in [1.29, 1.82) is 0 Å². The first-order valence-corrected chi connectivity index (χ1v) is 5.86. The highest BCUT2D eigenvalue weighted by molar-refractivity contribution is 5.97. The second-order valence-corrected chi connectivity index (χ2v) is 4.44. The van der Waals surface area contributed by atoms with Crippen LogP contribution in [0.15, 0.2) is 6.07 Å². The largest absolute Gasteiger partial charge is 0.364 e. The number of nitrogens with one attached hydrogen (secondary N) is 1. The molecule has 0 atom stereocenters. The van der Waals surface area contributed by atoms with Crippen LogP contribution in [0, 0.1) is 12.0 Å². The van der Waals surface area contributed by atoms with Crippen LogP contribution < -0.4 is 16.8 Å². The molecule has 0 aliphatic carbocycles. The molecule has 1 radical (unpaired) electrons. The average Bonchev–Trinajstić information content (AvgIpc) is 2.68. The lowest BCUT2D eigenvalue weighted by Crippen LogP contribution is -2.31. The van der Waals surface area contributed by atoms with Crippen LogP contribution in [0.5, 0.6) is 0 Å². The van der Waals surface area contributed by atoms with Gasteiger partial charge in [-0.25, -0.2) is 0 Å². The summed E-state index contributed by atoms with van der Waals surface area (Å²) >= 11 is 0. The van der Waals surface area contributed by atoms with E-state index in [1.54, 1.807) is 4.57 Å². The summed E-state index contributed by atoms with van der Waals surface area (Å²) < 4.78 is 1.60. The normalized spacial score (nSPS) is 10.7. The van der Waals surface area contributed by atoms with E-state index in [0.717, 1.165) is 0 Å². The summed E-state index contributed by atoms with van der Waals surface area (Å²) in [6, 6.07) is 4.21. The van der Waals surface area contributed by atoms with Crippen molar-refractivity contribution in [2.24, 2.45) is 17.4 Å². The molecule has 1 heterocycles. The van der Waals surface area contributed by atoms with E-state index >= 15 is 0 Å². The topological polar surface area (TPSA) is 103 Å². The van der Waals surface area contributed by atoms with Crippen molar-refractivity contribution in [2.75, 3.05) is 13.1 Å². The zero-order chi connectivity index (χ0) is 13.7. The molecule has 0 unspecified atom stereocenters. The van der Waals surface area contributed by atoms with Crippen LogP contribution in [0.1, 0.15) is 34.8 Å². The molecule has 0 aliphatic rings. The Morgan fingerprint density at radius 1 is 1.50 bits per heavy atom. The molecule has 2 amide bonds. The smallest absolute Gasteiger partial charge is 0.267 e. The van der Waals surface area contributed by atoms with Gasteiger partial charge in [0, 0.05) is 25.7 Å². The van der Waals surface area contributed by atoms with Crippen molar-refractivity contribution in [3.63, 3.8) is 0 Å². The molecule has 0 spiro atoms. The number of hydrogen-bond acceptors (Lipinski definition) is 3. The number of carbonyl (C=O) groups excluding carboxylic acids is 2. The van der Waals surface area contributed by atoms with E-state index in [1.165, 1.54) is 6.07 Å². The van der Waals surface area contributed by atoms with Gasteiger partial charge in [0.2, 0.25) is 0 Å². The predicted molar refractivity (Wildman–Crippen MR) is 68.0 cm³/mol. The van der Waals surface area contributed by atoms with Crippen LogP contribution in [0.3, 0.4) is 0 Å². The molecular weight excluding hydrogens is 232 g/mol. The lowest BCUT2D eigenvalue weighted by molar-refractivity contribution is 0.0943. The zero-order valence-electron chi connectivity index (χ0n) is 10.7. The summed E-state index contributed by atoms with van der Waals surface area (Å²) in [5.74, 6) is -0.580. The predicted octanol–water partition coefficient (Wildman–Crippen LogP) is -0.268. The fourth-order valence-corrected chi connectivity index (χ4v) is 1.64. The third kappa shape index (κ3) is 3.33. The molecule has 0 bridgehead atoms. The highest BCUT2D eigenvalue weighted by atomic mass is 16.2. The maximum Gasteiger partial charge on any atom is 0.267 e. The van der Waals surface area contributed by atoms with Crippen molar-refractivity contribution in [3.8, 4) is 0 Å². The van der Waals surface area contributed by atoms with Crippen molar-refractivity contribution in [2.45, 2.75) is 20.4 Å². The second kappa shape index (κ2) is 6.20. The highest BCUT2D eigenvalue weighted by Crippen LogP contribution is 2.11. The summed E-state index contributed by atoms with van der Waals surface area (Å²) in [4.78, 5) is 23.2. The van der Waals surface area contributed by atoms with Gasteiger partial charge in [-0.3, -0.25) is 9.59 Å². The van der Waals surface area contributed by atoms with Crippen LogP contribution in [0.25, 0.3) is 0 Å². The standard InChI is InChI=1S/C12H19N4O2/c1-8(2)7-16-9(11(14)17)3-4-10(16)12(18)15-6-5-13/h4,8H,5-7,13H2,1-2H3,(H2,14,17)(H,15,18). The maximum atomic E-state index is 11.9. The van der Waals surface area contributed by atoms with Crippen molar-refractivity contribution < 1.29 is 9.59 Å². The van der Waals surface area contributed by atoms with Gasteiger partial charge in [-0.05, 0) is 12.0 Å². The van der Waals surface area contributed by atoms with E-state index in [2.05, 4.69) is 11.4 Å². The Kier molecular flexibility index (Phi) is 4.91. The Morgan fingerprint density at radius 2 is 2.17 bits per heavy atom. The zero-order valence-corrected chi connectivity index (χ0v) is 10.7. The van der Waals surface area contributed by atoms with E-state index in [9.17, 15) is 9.59 Å². The molecule has 0 saturated heterocycles. The number of rotatable bonds is 6. The SMILES string of the molecule is CC(C)Cn1c(C(N)=O)[c]cc1C(=O)NCCN. The summed E-state index contributed by atoms with van der Waals surface area (Å²) in [7, 11) is 0. The number of aromatic nitrogens is 1. The molecule has 0 fully saturated rings. The Labute approximate surface area is 106 Å². The van der Waals surface area contributed by atoms with Gasteiger partial charge in [0.1, 0.15) is 11.4 Å². The van der Waals surface area contributed by atoms with Gasteiger partial charge < -0.3 is 21.4 Å². The Balaban J connectivity index is 3.03. The van der Waals surface area contributed by atoms with Gasteiger partial charge in [-0.2, -0.15) is 0 Å². The molecule has 6 nitrogen and oxygen atoms in total. The third-order valence-corrected chi connectivity index (χ3v) is 2.35. The lowest BCUT2D eigenvalue weighted by Gasteiger charge is -2.13. The first-order chi connectivity index (χ1) is 8.47. The Hall–Kier alpha value is -1.82. The highest BCUT2D eigenvalue weighted by Gasteiger charge is 2.18. The van der Waals surface area contributed by atoms with Gasteiger partial charge >= 0.3 is 0 Å². The lowest BCUT2D eigenvalue weighted by atomic mass is 10.2. The number of nitrogens with two attached hydrogens (primary N) is 2. The van der Waals surface area contributed by atoms with E-state index < -0.39 is 5.91 Å². The molecule has 1 aromatic rings. The molecule has 1 aromatic heterocycles. The first kappa shape index (κ1) is 14.2.